The standard InChI is InChI=1S/C10H7ClFNS/c11-10-4-3-9(14-10)7-5-6(12)1-2-8(7)13/h1-5H,13H2. The molecule has 2 rings (SSSR count). The largest absolute Gasteiger partial charge is 0.398 e. The third-order valence-corrected chi connectivity index (χ3v) is 3.12. The van der Waals surface area contributed by atoms with Crippen molar-refractivity contribution in [3.8, 4) is 10.4 Å². The van der Waals surface area contributed by atoms with Crippen LogP contribution >= 0.6 is 22.9 Å². The zero-order chi connectivity index (χ0) is 10.1. The minimum absolute atomic E-state index is 0.293. The predicted molar refractivity (Wildman–Crippen MR) is 59.1 cm³/mol. The summed E-state index contributed by atoms with van der Waals surface area (Å²) in [6.45, 7) is 0. The predicted octanol–water partition coefficient (Wildman–Crippen LogP) is 3.79. The Morgan fingerprint density at radius 1 is 1.21 bits per heavy atom. The van der Waals surface area contributed by atoms with Crippen molar-refractivity contribution >= 4 is 28.6 Å². The second-order valence-electron chi connectivity index (χ2n) is 2.84. The molecule has 0 aliphatic rings. The van der Waals surface area contributed by atoms with Crippen LogP contribution in [0.5, 0.6) is 0 Å². The molecule has 0 fully saturated rings. The van der Waals surface area contributed by atoms with Crippen molar-refractivity contribution in [3.05, 3.63) is 40.5 Å². The highest BCUT2D eigenvalue weighted by atomic mass is 35.5. The number of hydrogen-bond acceptors (Lipinski definition) is 2. The smallest absolute Gasteiger partial charge is 0.124 e. The number of nitrogen functional groups attached to an aromatic ring is 1. The fourth-order valence-electron chi connectivity index (χ4n) is 1.20. The summed E-state index contributed by atoms with van der Waals surface area (Å²) in [4.78, 5) is 0.881. The van der Waals surface area contributed by atoms with Crippen LogP contribution in [-0.2, 0) is 0 Å². The molecule has 1 aromatic heterocycles. The van der Waals surface area contributed by atoms with E-state index in [0.29, 0.717) is 15.6 Å². The summed E-state index contributed by atoms with van der Waals surface area (Å²) < 4.78 is 13.6. The molecule has 72 valence electrons. The van der Waals surface area contributed by atoms with Gasteiger partial charge in [-0.3, -0.25) is 0 Å². The second kappa shape index (κ2) is 3.59. The maximum Gasteiger partial charge on any atom is 0.124 e. The summed E-state index contributed by atoms with van der Waals surface area (Å²) in [5.41, 5.74) is 6.98. The average Bonchev–Trinajstić information content (AvgIpc) is 2.56. The van der Waals surface area contributed by atoms with Crippen molar-refractivity contribution in [2.45, 2.75) is 0 Å². The van der Waals surface area contributed by atoms with E-state index in [4.69, 9.17) is 17.3 Å². The summed E-state index contributed by atoms with van der Waals surface area (Å²) in [5, 5.41) is 0. The van der Waals surface area contributed by atoms with E-state index < -0.39 is 0 Å². The molecule has 0 aliphatic heterocycles. The van der Waals surface area contributed by atoms with Gasteiger partial charge >= 0.3 is 0 Å². The Bertz CT molecular complexity index is 467. The van der Waals surface area contributed by atoms with Gasteiger partial charge in [0.2, 0.25) is 0 Å². The highest BCUT2D eigenvalue weighted by Gasteiger charge is 2.06. The normalized spacial score (nSPS) is 10.4. The first-order chi connectivity index (χ1) is 6.66. The van der Waals surface area contributed by atoms with Gasteiger partial charge < -0.3 is 5.73 Å². The molecule has 1 heterocycles. The molecule has 4 heteroatoms. The molecule has 2 aromatic rings. The summed E-state index contributed by atoms with van der Waals surface area (Å²) in [6, 6.07) is 7.91. The Kier molecular flexibility index (Phi) is 2.44. The van der Waals surface area contributed by atoms with Crippen molar-refractivity contribution in [2.24, 2.45) is 0 Å². The molecule has 2 N–H and O–H groups in total. The Morgan fingerprint density at radius 2 is 2.00 bits per heavy atom. The zero-order valence-corrected chi connectivity index (χ0v) is 8.70. The van der Waals surface area contributed by atoms with E-state index in [1.54, 1.807) is 12.1 Å². The summed E-state index contributed by atoms with van der Waals surface area (Å²) >= 11 is 7.17. The number of anilines is 1. The molecule has 0 spiro atoms. The molecule has 0 unspecified atom stereocenters. The van der Waals surface area contributed by atoms with Gasteiger partial charge in [0.05, 0.1) is 4.34 Å². The molecule has 0 amide bonds. The van der Waals surface area contributed by atoms with Crippen LogP contribution < -0.4 is 5.73 Å². The minimum atomic E-state index is -0.293. The summed E-state index contributed by atoms with van der Waals surface area (Å²) in [6.07, 6.45) is 0. The highest BCUT2D eigenvalue weighted by Crippen LogP contribution is 2.34. The van der Waals surface area contributed by atoms with Crippen LogP contribution in [0.3, 0.4) is 0 Å². The van der Waals surface area contributed by atoms with Crippen molar-refractivity contribution in [2.75, 3.05) is 5.73 Å². The molecule has 0 atom stereocenters. The van der Waals surface area contributed by atoms with Gasteiger partial charge in [-0.15, -0.1) is 11.3 Å². The lowest BCUT2D eigenvalue weighted by molar-refractivity contribution is 0.628. The number of hydrogen-bond donors (Lipinski definition) is 1. The first-order valence-electron chi connectivity index (χ1n) is 3.97. The Morgan fingerprint density at radius 3 is 2.64 bits per heavy atom. The summed E-state index contributed by atoms with van der Waals surface area (Å²) in [7, 11) is 0. The third kappa shape index (κ3) is 1.74. The van der Waals surface area contributed by atoms with E-state index in [-0.39, 0.29) is 5.82 Å². The number of thiophene rings is 1. The summed E-state index contributed by atoms with van der Waals surface area (Å²) in [5.74, 6) is -0.293. The number of halogens is 2. The van der Waals surface area contributed by atoms with Gasteiger partial charge in [-0.05, 0) is 30.3 Å². The van der Waals surface area contributed by atoms with Crippen LogP contribution in [0.25, 0.3) is 10.4 Å². The molecule has 0 saturated carbocycles. The van der Waals surface area contributed by atoms with Gasteiger partial charge in [0.1, 0.15) is 5.82 Å². The van der Waals surface area contributed by atoms with Gasteiger partial charge in [0.25, 0.3) is 0 Å². The van der Waals surface area contributed by atoms with E-state index in [9.17, 15) is 4.39 Å². The second-order valence-corrected chi connectivity index (χ2v) is 4.55. The third-order valence-electron chi connectivity index (χ3n) is 1.85. The van der Waals surface area contributed by atoms with Gasteiger partial charge in [-0.25, -0.2) is 4.39 Å². The fourth-order valence-corrected chi connectivity index (χ4v) is 2.28. The van der Waals surface area contributed by atoms with Crippen LogP contribution in [0.15, 0.2) is 30.3 Å². The molecule has 0 bridgehead atoms. The number of nitrogens with two attached hydrogens (primary N) is 1. The molecule has 1 aromatic carbocycles. The van der Waals surface area contributed by atoms with Crippen LogP contribution in [0.1, 0.15) is 0 Å². The van der Waals surface area contributed by atoms with Crippen molar-refractivity contribution in [1.82, 2.24) is 0 Å². The molecule has 1 nitrogen and oxygen atoms in total. The molecule has 0 aliphatic carbocycles. The highest BCUT2D eigenvalue weighted by molar-refractivity contribution is 7.19. The number of benzene rings is 1. The zero-order valence-electron chi connectivity index (χ0n) is 7.13. The molecule has 0 radical (unpaired) electrons. The Balaban J connectivity index is 2.55. The van der Waals surface area contributed by atoms with Gasteiger partial charge in [0.15, 0.2) is 0 Å². The first-order valence-corrected chi connectivity index (χ1v) is 5.17. The van der Waals surface area contributed by atoms with E-state index in [1.807, 2.05) is 6.07 Å². The van der Waals surface area contributed by atoms with Crippen molar-refractivity contribution in [3.63, 3.8) is 0 Å². The maximum atomic E-state index is 13.0. The van der Waals surface area contributed by atoms with Gasteiger partial charge in [0, 0.05) is 16.1 Å². The first kappa shape index (κ1) is 9.49. The quantitative estimate of drug-likeness (QED) is 0.737. The SMILES string of the molecule is Nc1ccc(F)cc1-c1ccc(Cl)s1. The number of rotatable bonds is 1. The lowest BCUT2D eigenvalue weighted by Gasteiger charge is -2.02. The Hall–Kier alpha value is -1.06. The van der Waals surface area contributed by atoms with Crippen molar-refractivity contribution < 1.29 is 4.39 Å². The van der Waals surface area contributed by atoms with E-state index >= 15 is 0 Å². The monoisotopic (exact) mass is 227 g/mol. The molecule has 14 heavy (non-hydrogen) atoms. The topological polar surface area (TPSA) is 26.0 Å². The molecular weight excluding hydrogens is 221 g/mol. The lowest BCUT2D eigenvalue weighted by Crippen LogP contribution is -1.89. The van der Waals surface area contributed by atoms with Gasteiger partial charge in [-0.1, -0.05) is 11.6 Å². The minimum Gasteiger partial charge on any atom is -0.398 e. The van der Waals surface area contributed by atoms with E-state index in [1.165, 1.54) is 23.5 Å². The van der Waals surface area contributed by atoms with Crippen LogP contribution in [0.2, 0.25) is 4.34 Å². The van der Waals surface area contributed by atoms with Crippen molar-refractivity contribution in [1.29, 1.82) is 0 Å². The fraction of sp³-hybridized carbons (Fsp3) is 0. The maximum absolute atomic E-state index is 13.0. The molecular formula is C10H7ClFNS. The van der Waals surface area contributed by atoms with Crippen LogP contribution in [0, 0.1) is 5.82 Å². The van der Waals surface area contributed by atoms with E-state index in [2.05, 4.69) is 0 Å². The van der Waals surface area contributed by atoms with Gasteiger partial charge in [-0.2, -0.15) is 0 Å². The Labute approximate surface area is 89.9 Å². The van der Waals surface area contributed by atoms with Crippen LogP contribution in [-0.4, -0.2) is 0 Å². The van der Waals surface area contributed by atoms with Crippen LogP contribution in [0.4, 0.5) is 10.1 Å². The molecule has 0 saturated heterocycles. The average molecular weight is 228 g/mol. The lowest BCUT2D eigenvalue weighted by atomic mass is 10.1. The van der Waals surface area contributed by atoms with E-state index in [0.717, 1.165) is 4.88 Å².